The third kappa shape index (κ3) is 4.47. The van der Waals surface area contributed by atoms with Gasteiger partial charge in [0.05, 0.1) is 23.4 Å². The standard InChI is InChI=1S/C22H27ClN2O3/c1-16-19(10-11-20(24-16)28-15-14-27-2)25-21(26)22(12-6-3-7-13-22)17-8-4-5-9-18(17)23/h4-5,8-11H,3,6-7,12-15H2,1-2H3,(H,25,26). The molecule has 1 heterocycles. The van der Waals surface area contributed by atoms with Crippen molar-refractivity contribution in [3.63, 3.8) is 0 Å². The van der Waals surface area contributed by atoms with Gasteiger partial charge >= 0.3 is 0 Å². The Bertz CT molecular complexity index is 819. The van der Waals surface area contributed by atoms with Crippen LogP contribution in [-0.2, 0) is 14.9 Å². The number of amides is 1. The molecule has 1 aliphatic rings. The number of nitrogens with one attached hydrogen (secondary N) is 1. The van der Waals surface area contributed by atoms with Crippen LogP contribution in [-0.4, -0.2) is 31.2 Å². The van der Waals surface area contributed by atoms with E-state index in [9.17, 15) is 4.79 Å². The van der Waals surface area contributed by atoms with Gasteiger partial charge in [0.2, 0.25) is 11.8 Å². The first-order valence-corrected chi connectivity index (χ1v) is 10.1. The molecule has 1 saturated carbocycles. The minimum atomic E-state index is -0.601. The Morgan fingerprint density at radius 3 is 2.57 bits per heavy atom. The minimum absolute atomic E-state index is 0.0155. The van der Waals surface area contributed by atoms with Gasteiger partial charge in [-0.15, -0.1) is 0 Å². The van der Waals surface area contributed by atoms with Crippen LogP contribution in [0.5, 0.6) is 5.88 Å². The van der Waals surface area contributed by atoms with Gasteiger partial charge in [-0.2, -0.15) is 0 Å². The molecule has 0 atom stereocenters. The van der Waals surface area contributed by atoms with E-state index >= 15 is 0 Å². The van der Waals surface area contributed by atoms with Crippen LogP contribution in [0.25, 0.3) is 0 Å². The fraction of sp³-hybridized carbons (Fsp3) is 0.455. The van der Waals surface area contributed by atoms with Crippen molar-refractivity contribution in [2.24, 2.45) is 0 Å². The van der Waals surface area contributed by atoms with Gasteiger partial charge in [0.25, 0.3) is 0 Å². The molecule has 1 fully saturated rings. The van der Waals surface area contributed by atoms with Gasteiger partial charge in [0, 0.05) is 18.2 Å². The number of methoxy groups -OCH3 is 1. The van der Waals surface area contributed by atoms with Crippen molar-refractivity contribution in [3.05, 3.63) is 52.7 Å². The van der Waals surface area contributed by atoms with E-state index in [0.717, 1.165) is 37.7 Å². The number of benzene rings is 1. The summed E-state index contributed by atoms with van der Waals surface area (Å²) in [4.78, 5) is 17.9. The summed E-state index contributed by atoms with van der Waals surface area (Å²) in [7, 11) is 1.63. The first-order valence-electron chi connectivity index (χ1n) is 9.73. The van der Waals surface area contributed by atoms with Crippen LogP contribution in [0.15, 0.2) is 36.4 Å². The summed E-state index contributed by atoms with van der Waals surface area (Å²) in [6.07, 6.45) is 4.78. The smallest absolute Gasteiger partial charge is 0.235 e. The molecule has 6 heteroatoms. The zero-order chi connectivity index (χ0) is 20.0. The van der Waals surface area contributed by atoms with E-state index in [4.69, 9.17) is 21.1 Å². The predicted molar refractivity (Wildman–Crippen MR) is 111 cm³/mol. The summed E-state index contributed by atoms with van der Waals surface area (Å²) in [5.41, 5.74) is 1.73. The van der Waals surface area contributed by atoms with E-state index < -0.39 is 5.41 Å². The van der Waals surface area contributed by atoms with Crippen molar-refractivity contribution in [2.75, 3.05) is 25.6 Å². The average molecular weight is 403 g/mol. The maximum Gasteiger partial charge on any atom is 0.235 e. The minimum Gasteiger partial charge on any atom is -0.475 e. The Balaban J connectivity index is 1.82. The van der Waals surface area contributed by atoms with Crippen molar-refractivity contribution in [2.45, 2.75) is 44.4 Å². The van der Waals surface area contributed by atoms with Gasteiger partial charge in [0.15, 0.2) is 0 Å². The van der Waals surface area contributed by atoms with Gasteiger partial charge in [-0.25, -0.2) is 4.98 Å². The normalized spacial score (nSPS) is 15.8. The Morgan fingerprint density at radius 1 is 1.14 bits per heavy atom. The molecule has 0 saturated heterocycles. The maximum absolute atomic E-state index is 13.4. The van der Waals surface area contributed by atoms with E-state index in [1.54, 1.807) is 13.2 Å². The lowest BCUT2D eigenvalue weighted by molar-refractivity contribution is -0.122. The van der Waals surface area contributed by atoms with Gasteiger partial charge in [0.1, 0.15) is 6.61 Å². The second-order valence-corrected chi connectivity index (χ2v) is 7.61. The van der Waals surface area contributed by atoms with Crippen LogP contribution >= 0.6 is 11.6 Å². The largest absolute Gasteiger partial charge is 0.475 e. The van der Waals surface area contributed by atoms with Gasteiger partial charge < -0.3 is 14.8 Å². The van der Waals surface area contributed by atoms with E-state index in [0.29, 0.717) is 35.5 Å². The number of rotatable bonds is 7. The summed E-state index contributed by atoms with van der Waals surface area (Å²) in [6.45, 7) is 2.80. The Labute approximate surface area is 171 Å². The Morgan fingerprint density at radius 2 is 1.89 bits per heavy atom. The number of hydrogen-bond acceptors (Lipinski definition) is 4. The Hall–Kier alpha value is -2.11. The number of carbonyl (C=O) groups is 1. The summed E-state index contributed by atoms with van der Waals surface area (Å²) in [6, 6.07) is 11.3. The number of ether oxygens (including phenoxy) is 2. The molecule has 0 unspecified atom stereocenters. The van der Waals surface area contributed by atoms with E-state index in [1.165, 1.54) is 0 Å². The third-order valence-electron chi connectivity index (χ3n) is 5.38. The molecule has 1 N–H and O–H groups in total. The fourth-order valence-corrected chi connectivity index (χ4v) is 4.16. The summed E-state index contributed by atoms with van der Waals surface area (Å²) in [5, 5.41) is 3.75. The Kier molecular flexibility index (Phi) is 6.92. The van der Waals surface area contributed by atoms with E-state index in [-0.39, 0.29) is 5.91 Å². The lowest BCUT2D eigenvalue weighted by atomic mass is 9.68. The average Bonchev–Trinajstić information content (AvgIpc) is 2.71. The molecule has 0 aliphatic heterocycles. The van der Waals surface area contributed by atoms with Gasteiger partial charge in [-0.1, -0.05) is 49.1 Å². The molecular weight excluding hydrogens is 376 g/mol. The highest BCUT2D eigenvalue weighted by atomic mass is 35.5. The van der Waals surface area contributed by atoms with Crippen LogP contribution in [0.2, 0.25) is 5.02 Å². The van der Waals surface area contributed by atoms with Crippen LogP contribution in [0, 0.1) is 6.92 Å². The SMILES string of the molecule is COCCOc1ccc(NC(=O)C2(c3ccccc3Cl)CCCCC2)c(C)n1. The zero-order valence-corrected chi connectivity index (χ0v) is 17.2. The van der Waals surface area contributed by atoms with Crippen molar-refractivity contribution in [3.8, 4) is 5.88 Å². The van der Waals surface area contributed by atoms with Crippen molar-refractivity contribution in [1.82, 2.24) is 4.98 Å². The number of nitrogens with zero attached hydrogens (tertiary/aromatic N) is 1. The molecule has 1 amide bonds. The van der Waals surface area contributed by atoms with Crippen LogP contribution in [0.3, 0.4) is 0 Å². The molecule has 3 rings (SSSR count). The third-order valence-corrected chi connectivity index (χ3v) is 5.71. The summed E-state index contributed by atoms with van der Waals surface area (Å²) >= 11 is 6.49. The highest BCUT2D eigenvalue weighted by Crippen LogP contribution is 2.43. The van der Waals surface area contributed by atoms with Gasteiger partial charge in [-0.3, -0.25) is 4.79 Å². The van der Waals surface area contributed by atoms with Crippen LogP contribution < -0.4 is 10.1 Å². The number of hydrogen-bond donors (Lipinski definition) is 1. The fourth-order valence-electron chi connectivity index (χ4n) is 3.85. The molecule has 2 aromatic rings. The van der Waals surface area contributed by atoms with Crippen molar-refractivity contribution in [1.29, 1.82) is 0 Å². The highest BCUT2D eigenvalue weighted by molar-refractivity contribution is 6.31. The van der Waals surface area contributed by atoms with E-state index in [2.05, 4.69) is 10.3 Å². The monoisotopic (exact) mass is 402 g/mol. The molecule has 0 radical (unpaired) electrons. The molecule has 0 bridgehead atoms. The maximum atomic E-state index is 13.4. The summed E-state index contributed by atoms with van der Waals surface area (Å²) < 4.78 is 10.5. The lowest BCUT2D eigenvalue weighted by Crippen LogP contribution is -2.42. The van der Waals surface area contributed by atoms with Crippen LogP contribution in [0.1, 0.15) is 43.4 Å². The molecule has 1 aromatic heterocycles. The molecule has 0 spiro atoms. The number of halogens is 1. The second-order valence-electron chi connectivity index (χ2n) is 7.20. The molecular formula is C22H27ClN2O3. The van der Waals surface area contributed by atoms with Crippen molar-refractivity contribution >= 4 is 23.2 Å². The molecule has 1 aromatic carbocycles. The van der Waals surface area contributed by atoms with Crippen molar-refractivity contribution < 1.29 is 14.3 Å². The predicted octanol–water partition coefficient (Wildman–Crippen LogP) is 4.91. The first kappa shape index (κ1) is 20.6. The highest BCUT2D eigenvalue weighted by Gasteiger charge is 2.42. The topological polar surface area (TPSA) is 60.5 Å². The van der Waals surface area contributed by atoms with Crippen LogP contribution in [0.4, 0.5) is 5.69 Å². The number of anilines is 1. The number of aryl methyl sites for hydroxylation is 1. The van der Waals surface area contributed by atoms with E-state index in [1.807, 2.05) is 37.3 Å². The molecule has 28 heavy (non-hydrogen) atoms. The zero-order valence-electron chi connectivity index (χ0n) is 16.5. The second kappa shape index (κ2) is 9.39. The van der Waals surface area contributed by atoms with Gasteiger partial charge in [-0.05, 0) is 37.5 Å². The number of carbonyl (C=O) groups excluding carboxylic acids is 1. The molecule has 150 valence electrons. The first-order chi connectivity index (χ1) is 13.6. The molecule has 1 aliphatic carbocycles. The number of pyridine rings is 1. The lowest BCUT2D eigenvalue weighted by Gasteiger charge is -2.37. The quantitative estimate of drug-likeness (QED) is 0.668. The molecule has 5 nitrogen and oxygen atoms in total. The number of aromatic nitrogens is 1. The summed E-state index contributed by atoms with van der Waals surface area (Å²) in [5.74, 6) is 0.504.